The number of carbonyl (C=O) groups is 4. The van der Waals surface area contributed by atoms with Crippen molar-refractivity contribution in [2.24, 2.45) is 0 Å². The van der Waals surface area contributed by atoms with E-state index in [0.717, 1.165) is 29.8 Å². The molecule has 3 aromatic carbocycles. The highest BCUT2D eigenvalue weighted by Crippen LogP contribution is 2.29. The van der Waals surface area contributed by atoms with Gasteiger partial charge >= 0.3 is 6.18 Å². The molecule has 4 rings (SSSR count). The van der Waals surface area contributed by atoms with Crippen LogP contribution < -0.4 is 10.2 Å². The van der Waals surface area contributed by atoms with Gasteiger partial charge in [-0.05, 0) is 54.1 Å². The van der Waals surface area contributed by atoms with Crippen LogP contribution in [-0.4, -0.2) is 72.7 Å². The maximum atomic E-state index is 13.4. The van der Waals surface area contributed by atoms with Gasteiger partial charge in [0.1, 0.15) is 12.6 Å². The van der Waals surface area contributed by atoms with E-state index >= 15 is 0 Å². The number of benzene rings is 3. The Kier molecular flexibility index (Phi) is 9.52. The van der Waals surface area contributed by atoms with Gasteiger partial charge in [0.15, 0.2) is 0 Å². The molecule has 0 bridgehead atoms. The number of hydrogen-bond donors (Lipinski definition) is 1. The monoisotopic (exact) mass is 600 g/mol. The summed E-state index contributed by atoms with van der Waals surface area (Å²) in [5.41, 5.74) is 0.552. The molecule has 8 nitrogen and oxygen atoms in total. The molecule has 1 saturated heterocycles. The van der Waals surface area contributed by atoms with E-state index in [9.17, 15) is 32.3 Å². The lowest BCUT2D eigenvalue weighted by Crippen LogP contribution is -2.56. The molecule has 1 aliphatic rings. The van der Waals surface area contributed by atoms with Crippen molar-refractivity contribution >= 4 is 40.9 Å². The molecular weight excluding hydrogens is 573 g/mol. The van der Waals surface area contributed by atoms with Gasteiger partial charge in [-0.2, -0.15) is 13.2 Å². The number of hydrogen-bond acceptors (Lipinski definition) is 4. The lowest BCUT2D eigenvalue weighted by atomic mass is 10.0. The van der Waals surface area contributed by atoms with E-state index in [4.69, 9.17) is 11.6 Å². The Hall–Kier alpha value is -4.38. The van der Waals surface area contributed by atoms with Crippen LogP contribution in [0.2, 0.25) is 5.02 Å². The number of amides is 4. The van der Waals surface area contributed by atoms with Crippen LogP contribution in [0.3, 0.4) is 0 Å². The molecule has 42 heavy (non-hydrogen) atoms. The molecule has 0 saturated carbocycles. The number of anilines is 1. The summed E-state index contributed by atoms with van der Waals surface area (Å²) in [5.74, 6) is -2.00. The number of halogens is 4. The summed E-state index contributed by atoms with van der Waals surface area (Å²) < 4.78 is 38.5. The molecule has 0 spiro atoms. The van der Waals surface area contributed by atoms with Crippen LogP contribution in [0, 0.1) is 0 Å². The van der Waals surface area contributed by atoms with Crippen LogP contribution >= 0.6 is 11.6 Å². The normalized spacial score (nSPS) is 14.4. The highest BCUT2D eigenvalue weighted by Gasteiger charge is 2.33. The van der Waals surface area contributed by atoms with Crippen molar-refractivity contribution in [3.8, 4) is 0 Å². The third kappa shape index (κ3) is 7.67. The van der Waals surface area contributed by atoms with Crippen molar-refractivity contribution in [2.75, 3.05) is 38.1 Å². The lowest BCUT2D eigenvalue weighted by Gasteiger charge is -2.34. The van der Waals surface area contributed by atoms with E-state index in [1.807, 2.05) is 30.3 Å². The molecule has 12 heteroatoms. The number of nitrogens with zero attached hydrogens (tertiary/aromatic N) is 3. The maximum absolute atomic E-state index is 13.4. The standard InChI is InChI=1S/C30H28ClF3N4O4/c1-36(24-13-11-23(31)12-14-24)29(42)25(17-20-5-3-2-4-6-20)35-26(39)18-37-15-16-38(19-27(37)40)28(41)21-7-9-22(10-8-21)30(32,33)34/h2-14,25H,15-19H2,1H3,(H,35,39). The summed E-state index contributed by atoms with van der Waals surface area (Å²) in [6.45, 7) is -0.533. The van der Waals surface area contributed by atoms with Crippen molar-refractivity contribution in [1.82, 2.24) is 15.1 Å². The van der Waals surface area contributed by atoms with Gasteiger partial charge in [-0.1, -0.05) is 41.9 Å². The minimum absolute atomic E-state index is 0.0223. The van der Waals surface area contributed by atoms with Gasteiger partial charge in [-0.3, -0.25) is 19.2 Å². The molecule has 1 unspecified atom stereocenters. The van der Waals surface area contributed by atoms with Gasteiger partial charge in [-0.15, -0.1) is 0 Å². The Morgan fingerprint density at radius 3 is 2.19 bits per heavy atom. The summed E-state index contributed by atoms with van der Waals surface area (Å²) in [6, 6.07) is 18.7. The van der Waals surface area contributed by atoms with Crippen LogP contribution in [0.25, 0.3) is 0 Å². The van der Waals surface area contributed by atoms with Crippen LogP contribution in [0.15, 0.2) is 78.9 Å². The van der Waals surface area contributed by atoms with Crippen LogP contribution in [0.5, 0.6) is 0 Å². The molecule has 220 valence electrons. The molecule has 0 aliphatic carbocycles. The molecule has 1 heterocycles. The fraction of sp³-hybridized carbons (Fsp3) is 0.267. The number of rotatable bonds is 8. The van der Waals surface area contributed by atoms with Gasteiger partial charge < -0.3 is 20.0 Å². The average molecular weight is 601 g/mol. The van der Waals surface area contributed by atoms with E-state index in [2.05, 4.69) is 5.32 Å². The Morgan fingerprint density at radius 1 is 0.952 bits per heavy atom. The second kappa shape index (κ2) is 13.1. The maximum Gasteiger partial charge on any atom is 0.416 e. The molecule has 1 aliphatic heterocycles. The molecule has 1 atom stereocenters. The van der Waals surface area contributed by atoms with Crippen molar-refractivity contribution < 1.29 is 32.3 Å². The summed E-state index contributed by atoms with van der Waals surface area (Å²) in [5, 5.41) is 3.26. The van der Waals surface area contributed by atoms with Crippen molar-refractivity contribution in [3.05, 3.63) is 101 Å². The second-order valence-electron chi connectivity index (χ2n) is 9.80. The summed E-state index contributed by atoms with van der Waals surface area (Å²) in [4.78, 5) is 56.0. The quantitative estimate of drug-likeness (QED) is 0.423. The first-order valence-corrected chi connectivity index (χ1v) is 13.4. The van der Waals surface area contributed by atoms with Crippen LogP contribution in [0.4, 0.5) is 18.9 Å². The Bertz CT molecular complexity index is 1430. The fourth-order valence-electron chi connectivity index (χ4n) is 4.52. The zero-order valence-corrected chi connectivity index (χ0v) is 23.4. The van der Waals surface area contributed by atoms with Crippen molar-refractivity contribution in [3.63, 3.8) is 0 Å². The number of piperazine rings is 1. The van der Waals surface area contributed by atoms with Crippen molar-refractivity contribution in [2.45, 2.75) is 18.6 Å². The number of alkyl halides is 3. The SMILES string of the molecule is CN(C(=O)C(Cc1ccccc1)NC(=O)CN1CCN(C(=O)c2ccc(C(F)(F)F)cc2)CC1=O)c1ccc(Cl)cc1. The average Bonchev–Trinajstić information content (AvgIpc) is 2.97. The molecular formula is C30H28ClF3N4O4. The highest BCUT2D eigenvalue weighted by molar-refractivity contribution is 6.30. The van der Waals surface area contributed by atoms with E-state index in [-0.39, 0.29) is 44.1 Å². The fourth-order valence-corrected chi connectivity index (χ4v) is 4.65. The summed E-state index contributed by atoms with van der Waals surface area (Å²) >= 11 is 5.97. The topological polar surface area (TPSA) is 90.0 Å². The van der Waals surface area contributed by atoms with E-state index in [0.29, 0.717) is 10.7 Å². The lowest BCUT2D eigenvalue weighted by molar-refractivity contribution is -0.139. The Labute approximate surface area is 245 Å². The molecule has 4 amide bonds. The van der Waals surface area contributed by atoms with Gasteiger partial charge in [0, 0.05) is 42.8 Å². The van der Waals surface area contributed by atoms with Gasteiger partial charge in [0.25, 0.3) is 5.91 Å². The van der Waals surface area contributed by atoms with Gasteiger partial charge in [-0.25, -0.2) is 0 Å². The highest BCUT2D eigenvalue weighted by atomic mass is 35.5. The van der Waals surface area contributed by atoms with Gasteiger partial charge in [0.05, 0.1) is 12.1 Å². The summed E-state index contributed by atoms with van der Waals surface area (Å²) in [6.07, 6.45) is -4.31. The molecule has 0 radical (unpaired) electrons. The van der Waals surface area contributed by atoms with Gasteiger partial charge in [0.2, 0.25) is 17.7 Å². The van der Waals surface area contributed by atoms with Crippen LogP contribution in [-0.2, 0) is 27.0 Å². The molecule has 0 aromatic heterocycles. The van der Waals surface area contributed by atoms with E-state index < -0.39 is 35.5 Å². The number of carbonyl (C=O) groups excluding carboxylic acids is 4. The minimum Gasteiger partial charge on any atom is -0.342 e. The third-order valence-electron chi connectivity index (χ3n) is 6.86. The van der Waals surface area contributed by atoms with E-state index in [1.165, 1.54) is 14.7 Å². The third-order valence-corrected chi connectivity index (χ3v) is 7.11. The van der Waals surface area contributed by atoms with E-state index in [1.54, 1.807) is 31.3 Å². The summed E-state index contributed by atoms with van der Waals surface area (Å²) in [7, 11) is 1.59. The molecule has 3 aromatic rings. The number of likely N-dealkylation sites (N-methyl/N-ethyl adjacent to an activating group) is 1. The zero-order chi connectivity index (χ0) is 30.4. The molecule has 1 N–H and O–H groups in total. The predicted octanol–water partition coefficient (Wildman–Crippen LogP) is 4.03. The van der Waals surface area contributed by atoms with Crippen LogP contribution in [0.1, 0.15) is 21.5 Å². The zero-order valence-electron chi connectivity index (χ0n) is 22.6. The largest absolute Gasteiger partial charge is 0.416 e. The minimum atomic E-state index is -4.53. The second-order valence-corrected chi connectivity index (χ2v) is 10.2. The predicted molar refractivity (Wildman–Crippen MR) is 151 cm³/mol. The van der Waals surface area contributed by atoms with Crippen molar-refractivity contribution in [1.29, 1.82) is 0 Å². The first-order chi connectivity index (χ1) is 19.9. The first kappa shape index (κ1) is 30.6. The number of nitrogens with one attached hydrogen (secondary N) is 1. The Balaban J connectivity index is 1.38. The first-order valence-electron chi connectivity index (χ1n) is 13.0. The Morgan fingerprint density at radius 2 is 1.60 bits per heavy atom. The smallest absolute Gasteiger partial charge is 0.342 e. The molecule has 1 fully saturated rings.